The van der Waals surface area contributed by atoms with Crippen LogP contribution in [0, 0.1) is 0 Å². The Labute approximate surface area is 130 Å². The van der Waals surface area contributed by atoms with Crippen molar-refractivity contribution in [3.05, 3.63) is 24.3 Å². The molecule has 1 aromatic rings. The van der Waals surface area contributed by atoms with Gasteiger partial charge in [0.1, 0.15) is 11.9 Å². The molecule has 0 saturated carbocycles. The number of hydrogen-bond donors (Lipinski definition) is 2. The third-order valence-electron chi connectivity index (χ3n) is 3.31. The van der Waals surface area contributed by atoms with E-state index < -0.39 is 16.1 Å². The van der Waals surface area contributed by atoms with Gasteiger partial charge in [0.25, 0.3) is 0 Å². The summed E-state index contributed by atoms with van der Waals surface area (Å²) in [5.74, 6) is 0.393. The summed E-state index contributed by atoms with van der Waals surface area (Å²) in [6.07, 6.45) is 1.18. The fourth-order valence-electron chi connectivity index (χ4n) is 2.11. The van der Waals surface area contributed by atoms with Crippen molar-refractivity contribution in [1.29, 1.82) is 0 Å². The van der Waals surface area contributed by atoms with E-state index in [1.807, 2.05) is 0 Å². The van der Waals surface area contributed by atoms with E-state index in [0.29, 0.717) is 18.8 Å². The molecule has 0 aromatic heterocycles. The first kappa shape index (κ1) is 16.7. The first-order valence-electron chi connectivity index (χ1n) is 7.06. The van der Waals surface area contributed by atoms with E-state index in [1.54, 1.807) is 12.1 Å². The number of nitrogens with one attached hydrogen (secondary N) is 2. The average Bonchev–Trinajstić information content (AvgIpc) is 3.06. The molecular weight excluding hydrogens is 308 g/mol. The van der Waals surface area contributed by atoms with Gasteiger partial charge >= 0.3 is 0 Å². The molecule has 0 aliphatic carbocycles. The lowest BCUT2D eigenvalue weighted by atomic mass is 10.2. The molecule has 22 heavy (non-hydrogen) atoms. The van der Waals surface area contributed by atoms with Gasteiger partial charge in [-0.1, -0.05) is 0 Å². The van der Waals surface area contributed by atoms with Crippen molar-refractivity contribution in [2.75, 3.05) is 26.8 Å². The lowest BCUT2D eigenvalue weighted by Gasteiger charge is -2.11. The standard InChI is InChI=1S/C14H20N2O5S/c1-20-11-4-6-12(7-5-11)22(18,19)16-9-8-15-14(17)13-3-2-10-21-13/h4-7,13,16H,2-3,8-10H2,1H3,(H,15,17)/t13-/m1/s1. The number of methoxy groups -OCH3 is 1. The van der Waals surface area contributed by atoms with Gasteiger partial charge in [0.05, 0.1) is 12.0 Å². The molecule has 2 rings (SSSR count). The Kier molecular flexibility index (Phi) is 5.76. The van der Waals surface area contributed by atoms with Gasteiger partial charge < -0.3 is 14.8 Å². The molecule has 1 saturated heterocycles. The first-order valence-corrected chi connectivity index (χ1v) is 8.54. The molecule has 1 heterocycles. The molecule has 122 valence electrons. The molecule has 0 unspecified atom stereocenters. The molecule has 0 spiro atoms. The molecule has 0 bridgehead atoms. The summed E-state index contributed by atoms with van der Waals surface area (Å²) in [6, 6.07) is 6.08. The summed E-state index contributed by atoms with van der Waals surface area (Å²) in [4.78, 5) is 11.8. The number of carbonyl (C=O) groups excluding carboxylic acids is 1. The maximum absolute atomic E-state index is 12.0. The number of sulfonamides is 1. The molecule has 1 atom stereocenters. The number of benzene rings is 1. The van der Waals surface area contributed by atoms with Crippen LogP contribution >= 0.6 is 0 Å². The Morgan fingerprint density at radius 3 is 2.64 bits per heavy atom. The Bertz CT molecular complexity index is 594. The highest BCUT2D eigenvalue weighted by atomic mass is 32.2. The van der Waals surface area contributed by atoms with Gasteiger partial charge in [-0.25, -0.2) is 13.1 Å². The number of amides is 1. The quantitative estimate of drug-likeness (QED) is 0.701. The van der Waals surface area contributed by atoms with Crippen LogP contribution in [0.1, 0.15) is 12.8 Å². The number of ether oxygens (including phenoxy) is 2. The van der Waals surface area contributed by atoms with Crippen LogP contribution in [0.3, 0.4) is 0 Å². The molecule has 2 N–H and O–H groups in total. The minimum absolute atomic E-state index is 0.118. The van der Waals surface area contributed by atoms with Crippen molar-refractivity contribution in [3.8, 4) is 5.75 Å². The van der Waals surface area contributed by atoms with Crippen LogP contribution in [-0.2, 0) is 19.6 Å². The zero-order chi connectivity index (χ0) is 16.0. The molecule has 1 amide bonds. The van der Waals surface area contributed by atoms with Gasteiger partial charge in [-0.2, -0.15) is 0 Å². The van der Waals surface area contributed by atoms with Crippen LogP contribution in [0.5, 0.6) is 5.75 Å². The third-order valence-corrected chi connectivity index (χ3v) is 4.79. The molecular formula is C14H20N2O5S. The Morgan fingerprint density at radius 2 is 2.05 bits per heavy atom. The van der Waals surface area contributed by atoms with Crippen LogP contribution in [-0.4, -0.2) is 47.2 Å². The first-order chi connectivity index (χ1) is 10.5. The van der Waals surface area contributed by atoms with Crippen molar-refractivity contribution in [2.45, 2.75) is 23.8 Å². The van der Waals surface area contributed by atoms with Gasteiger partial charge in [-0.15, -0.1) is 0 Å². The predicted molar refractivity (Wildman–Crippen MR) is 80.2 cm³/mol. The number of hydrogen-bond acceptors (Lipinski definition) is 5. The smallest absolute Gasteiger partial charge is 0.249 e. The van der Waals surface area contributed by atoms with Gasteiger partial charge in [0.2, 0.25) is 15.9 Å². The van der Waals surface area contributed by atoms with E-state index in [1.165, 1.54) is 19.2 Å². The van der Waals surface area contributed by atoms with Gasteiger partial charge in [0, 0.05) is 19.7 Å². The summed E-state index contributed by atoms with van der Waals surface area (Å²) in [6.45, 7) is 0.934. The van der Waals surface area contributed by atoms with Crippen LogP contribution in [0.4, 0.5) is 0 Å². The molecule has 1 aliphatic rings. The Morgan fingerprint density at radius 1 is 1.32 bits per heavy atom. The monoisotopic (exact) mass is 328 g/mol. The molecule has 1 aromatic carbocycles. The average molecular weight is 328 g/mol. The maximum Gasteiger partial charge on any atom is 0.249 e. The highest BCUT2D eigenvalue weighted by Crippen LogP contribution is 2.15. The Hall–Kier alpha value is -1.64. The van der Waals surface area contributed by atoms with Crippen molar-refractivity contribution >= 4 is 15.9 Å². The maximum atomic E-state index is 12.0. The highest BCUT2D eigenvalue weighted by molar-refractivity contribution is 7.89. The van der Waals surface area contributed by atoms with Crippen LogP contribution < -0.4 is 14.8 Å². The van der Waals surface area contributed by atoms with Gasteiger partial charge in [-0.3, -0.25) is 4.79 Å². The summed E-state index contributed by atoms with van der Waals surface area (Å²) in [7, 11) is -2.08. The van der Waals surface area contributed by atoms with Crippen LogP contribution in [0.2, 0.25) is 0 Å². The van der Waals surface area contributed by atoms with Crippen LogP contribution in [0.15, 0.2) is 29.2 Å². The normalized spacial score (nSPS) is 18.1. The predicted octanol–water partition coefficient (Wildman–Crippen LogP) is 0.269. The van der Waals surface area contributed by atoms with Crippen LogP contribution in [0.25, 0.3) is 0 Å². The zero-order valence-corrected chi connectivity index (χ0v) is 13.2. The largest absolute Gasteiger partial charge is 0.497 e. The molecule has 7 nitrogen and oxygen atoms in total. The SMILES string of the molecule is COc1ccc(S(=O)(=O)NCCNC(=O)[C@H]2CCCO2)cc1. The molecule has 0 radical (unpaired) electrons. The lowest BCUT2D eigenvalue weighted by Crippen LogP contribution is -2.39. The topological polar surface area (TPSA) is 93.7 Å². The van der Waals surface area contributed by atoms with Crippen molar-refractivity contribution in [3.63, 3.8) is 0 Å². The minimum atomic E-state index is -3.59. The van der Waals surface area contributed by atoms with Crippen molar-refractivity contribution < 1.29 is 22.7 Å². The van der Waals surface area contributed by atoms with E-state index >= 15 is 0 Å². The summed E-state index contributed by atoms with van der Waals surface area (Å²) >= 11 is 0. The summed E-state index contributed by atoms with van der Waals surface area (Å²) < 4.78 is 36.7. The van der Waals surface area contributed by atoms with Crippen molar-refractivity contribution in [1.82, 2.24) is 10.0 Å². The van der Waals surface area contributed by atoms with E-state index in [-0.39, 0.29) is 23.9 Å². The van der Waals surface area contributed by atoms with Gasteiger partial charge in [-0.05, 0) is 37.1 Å². The molecule has 1 fully saturated rings. The van der Waals surface area contributed by atoms with E-state index in [4.69, 9.17) is 9.47 Å². The Balaban J connectivity index is 1.78. The fourth-order valence-corrected chi connectivity index (χ4v) is 3.14. The molecule has 8 heteroatoms. The minimum Gasteiger partial charge on any atom is -0.497 e. The highest BCUT2D eigenvalue weighted by Gasteiger charge is 2.23. The van der Waals surface area contributed by atoms with E-state index in [2.05, 4.69) is 10.0 Å². The second kappa shape index (κ2) is 7.57. The van der Waals surface area contributed by atoms with E-state index in [9.17, 15) is 13.2 Å². The third kappa shape index (κ3) is 4.43. The van der Waals surface area contributed by atoms with Gasteiger partial charge in [0.15, 0.2) is 0 Å². The number of carbonyl (C=O) groups is 1. The second-order valence-electron chi connectivity index (χ2n) is 4.87. The number of rotatable bonds is 7. The second-order valence-corrected chi connectivity index (χ2v) is 6.63. The fraction of sp³-hybridized carbons (Fsp3) is 0.500. The zero-order valence-electron chi connectivity index (χ0n) is 12.4. The lowest BCUT2D eigenvalue weighted by molar-refractivity contribution is -0.129. The van der Waals surface area contributed by atoms with Crippen molar-refractivity contribution in [2.24, 2.45) is 0 Å². The van der Waals surface area contributed by atoms with E-state index in [0.717, 1.165) is 6.42 Å². The summed E-state index contributed by atoms with van der Waals surface area (Å²) in [5, 5.41) is 2.66. The summed E-state index contributed by atoms with van der Waals surface area (Å²) in [5.41, 5.74) is 0. The molecule has 1 aliphatic heterocycles.